The highest BCUT2D eigenvalue weighted by molar-refractivity contribution is 5.94. The van der Waals surface area contributed by atoms with Crippen LogP contribution < -0.4 is 10.1 Å². The number of hydrogen-bond donors (Lipinski definition) is 1. The van der Waals surface area contributed by atoms with Gasteiger partial charge in [-0.1, -0.05) is 19.1 Å². The minimum Gasteiger partial charge on any atom is -0.491 e. The number of carbonyl (C=O) groups is 1. The van der Waals surface area contributed by atoms with Crippen LogP contribution in [0.15, 0.2) is 30.4 Å². The molecule has 0 saturated heterocycles. The van der Waals surface area contributed by atoms with Crippen molar-refractivity contribution in [3.8, 4) is 5.75 Å². The van der Waals surface area contributed by atoms with Crippen LogP contribution in [0.3, 0.4) is 0 Å². The van der Waals surface area contributed by atoms with Crippen LogP contribution in [-0.4, -0.2) is 12.5 Å². The fraction of sp³-hybridized carbons (Fsp3) is 0.471. The molecule has 1 amide bonds. The minimum atomic E-state index is -4.46. The first-order valence-corrected chi connectivity index (χ1v) is 7.71. The topological polar surface area (TPSA) is 38.3 Å². The number of alkyl halides is 3. The number of amides is 1. The van der Waals surface area contributed by atoms with E-state index in [4.69, 9.17) is 4.74 Å². The molecule has 1 aromatic carbocycles. The summed E-state index contributed by atoms with van der Waals surface area (Å²) in [6.07, 6.45) is 2.30. The second kappa shape index (κ2) is 7.53. The number of halogens is 3. The van der Waals surface area contributed by atoms with Crippen molar-refractivity contribution in [1.82, 2.24) is 0 Å². The fourth-order valence-corrected chi connectivity index (χ4v) is 2.41. The van der Waals surface area contributed by atoms with Crippen LogP contribution in [-0.2, 0) is 11.0 Å². The van der Waals surface area contributed by atoms with E-state index in [1.807, 2.05) is 19.1 Å². The third-order valence-corrected chi connectivity index (χ3v) is 3.67. The van der Waals surface area contributed by atoms with Gasteiger partial charge < -0.3 is 10.1 Å². The number of carbonyl (C=O) groups excluding carboxylic acids is 1. The highest BCUT2D eigenvalue weighted by Gasteiger charge is 2.31. The van der Waals surface area contributed by atoms with Crippen molar-refractivity contribution >= 4 is 11.6 Å². The molecule has 126 valence electrons. The molecule has 0 aromatic heterocycles. The molecule has 0 radical (unpaired) electrons. The molecular weight excluding hydrogens is 307 g/mol. The molecule has 0 fully saturated rings. The van der Waals surface area contributed by atoms with Crippen LogP contribution in [0.25, 0.3) is 0 Å². The SMILES string of the molecule is CCCOc1ccc(C(F)(F)F)cc1NC(=O)C1CC=CCC1. The number of hydrogen-bond acceptors (Lipinski definition) is 2. The van der Waals surface area contributed by atoms with Gasteiger partial charge in [-0.3, -0.25) is 4.79 Å². The average molecular weight is 327 g/mol. The molecule has 0 aliphatic heterocycles. The van der Waals surface area contributed by atoms with Crippen molar-refractivity contribution in [1.29, 1.82) is 0 Å². The average Bonchev–Trinajstić information content (AvgIpc) is 2.53. The molecule has 0 saturated carbocycles. The van der Waals surface area contributed by atoms with Crippen molar-refractivity contribution in [2.24, 2.45) is 5.92 Å². The lowest BCUT2D eigenvalue weighted by Gasteiger charge is -2.19. The molecule has 1 aromatic rings. The van der Waals surface area contributed by atoms with E-state index in [1.54, 1.807) is 0 Å². The van der Waals surface area contributed by atoms with E-state index in [9.17, 15) is 18.0 Å². The third kappa shape index (κ3) is 4.74. The lowest BCUT2D eigenvalue weighted by molar-refractivity contribution is -0.137. The molecule has 1 aliphatic carbocycles. The lowest BCUT2D eigenvalue weighted by atomic mass is 9.93. The quantitative estimate of drug-likeness (QED) is 0.790. The first kappa shape index (κ1) is 17.4. The van der Waals surface area contributed by atoms with E-state index in [1.165, 1.54) is 6.07 Å². The van der Waals surface area contributed by atoms with Gasteiger partial charge in [-0.15, -0.1) is 0 Å². The summed E-state index contributed by atoms with van der Waals surface area (Å²) < 4.78 is 44.1. The summed E-state index contributed by atoms with van der Waals surface area (Å²) >= 11 is 0. The number of nitrogens with one attached hydrogen (secondary N) is 1. The lowest BCUT2D eigenvalue weighted by Crippen LogP contribution is -2.24. The van der Waals surface area contributed by atoms with Crippen molar-refractivity contribution in [2.45, 2.75) is 38.8 Å². The van der Waals surface area contributed by atoms with Crippen LogP contribution in [0.4, 0.5) is 18.9 Å². The molecule has 6 heteroatoms. The summed E-state index contributed by atoms with van der Waals surface area (Å²) in [5.74, 6) is -0.219. The van der Waals surface area contributed by atoms with Crippen LogP contribution in [0.2, 0.25) is 0 Å². The largest absolute Gasteiger partial charge is 0.491 e. The predicted molar refractivity (Wildman–Crippen MR) is 82.3 cm³/mol. The smallest absolute Gasteiger partial charge is 0.416 e. The first-order valence-electron chi connectivity index (χ1n) is 7.71. The third-order valence-electron chi connectivity index (χ3n) is 3.67. The number of allylic oxidation sites excluding steroid dienone is 2. The molecular formula is C17H20F3NO2. The fourth-order valence-electron chi connectivity index (χ4n) is 2.41. The first-order chi connectivity index (χ1) is 10.9. The Morgan fingerprint density at radius 2 is 2.13 bits per heavy atom. The van der Waals surface area contributed by atoms with E-state index in [-0.39, 0.29) is 23.3 Å². The van der Waals surface area contributed by atoms with E-state index in [0.717, 1.165) is 25.0 Å². The maximum absolute atomic E-state index is 12.9. The zero-order valence-corrected chi connectivity index (χ0v) is 13.0. The zero-order chi connectivity index (χ0) is 16.9. The second-order valence-electron chi connectivity index (χ2n) is 5.53. The molecule has 1 N–H and O–H groups in total. The Kier molecular flexibility index (Phi) is 5.69. The zero-order valence-electron chi connectivity index (χ0n) is 13.0. The monoisotopic (exact) mass is 327 g/mol. The minimum absolute atomic E-state index is 0.0767. The van der Waals surface area contributed by atoms with Crippen molar-refractivity contribution in [2.75, 3.05) is 11.9 Å². The Hall–Kier alpha value is -1.98. The maximum atomic E-state index is 12.9. The van der Waals surface area contributed by atoms with Gasteiger partial charge in [0.25, 0.3) is 0 Å². The van der Waals surface area contributed by atoms with E-state index in [2.05, 4.69) is 5.32 Å². The van der Waals surface area contributed by atoms with Gasteiger partial charge >= 0.3 is 6.18 Å². The highest BCUT2D eigenvalue weighted by atomic mass is 19.4. The van der Waals surface area contributed by atoms with Crippen molar-refractivity contribution in [3.05, 3.63) is 35.9 Å². The maximum Gasteiger partial charge on any atom is 0.416 e. The standard InChI is InChI=1S/C17H20F3NO2/c1-2-10-23-15-9-8-13(17(18,19)20)11-14(15)21-16(22)12-6-4-3-5-7-12/h3-4,8-9,11-12H,2,5-7,10H2,1H3,(H,21,22). The Morgan fingerprint density at radius 3 is 2.74 bits per heavy atom. The highest BCUT2D eigenvalue weighted by Crippen LogP contribution is 2.35. The summed E-state index contributed by atoms with van der Waals surface area (Å²) in [7, 11) is 0. The summed E-state index contributed by atoms with van der Waals surface area (Å²) in [5.41, 5.74) is -0.729. The van der Waals surface area contributed by atoms with Crippen LogP contribution in [0.5, 0.6) is 5.75 Å². The summed E-state index contributed by atoms with van der Waals surface area (Å²) in [4.78, 5) is 12.3. The predicted octanol–water partition coefficient (Wildman–Crippen LogP) is 4.79. The van der Waals surface area contributed by atoms with E-state index >= 15 is 0 Å². The normalized spacial score (nSPS) is 17.8. The van der Waals surface area contributed by atoms with Gasteiger partial charge in [0.2, 0.25) is 5.91 Å². The van der Waals surface area contributed by atoms with Crippen molar-refractivity contribution in [3.63, 3.8) is 0 Å². The molecule has 23 heavy (non-hydrogen) atoms. The molecule has 1 atom stereocenters. The molecule has 1 unspecified atom stereocenters. The van der Waals surface area contributed by atoms with Gasteiger partial charge in [0.1, 0.15) is 5.75 Å². The van der Waals surface area contributed by atoms with Gasteiger partial charge in [0, 0.05) is 5.92 Å². The van der Waals surface area contributed by atoms with Gasteiger partial charge in [-0.2, -0.15) is 13.2 Å². The molecule has 3 nitrogen and oxygen atoms in total. The second-order valence-corrected chi connectivity index (χ2v) is 5.53. The summed E-state index contributed by atoms with van der Waals surface area (Å²) in [5, 5.41) is 2.60. The number of benzene rings is 1. The Balaban J connectivity index is 2.21. The van der Waals surface area contributed by atoms with Crippen LogP contribution in [0, 0.1) is 5.92 Å². The molecule has 1 aliphatic rings. The van der Waals surface area contributed by atoms with Gasteiger partial charge in [0.05, 0.1) is 17.9 Å². The van der Waals surface area contributed by atoms with Gasteiger partial charge in [-0.25, -0.2) is 0 Å². The Labute approximate surface area is 133 Å². The van der Waals surface area contributed by atoms with Crippen molar-refractivity contribution < 1.29 is 22.7 Å². The molecule has 0 spiro atoms. The molecule has 0 bridgehead atoms. The van der Waals surface area contributed by atoms with Gasteiger partial charge in [0.15, 0.2) is 0 Å². The summed E-state index contributed by atoms with van der Waals surface area (Å²) in [6, 6.07) is 3.15. The van der Waals surface area contributed by atoms with E-state index in [0.29, 0.717) is 19.4 Å². The number of anilines is 1. The summed E-state index contributed by atoms with van der Waals surface area (Å²) in [6.45, 7) is 2.27. The molecule has 2 rings (SSSR count). The van der Waals surface area contributed by atoms with Crippen LogP contribution in [0.1, 0.15) is 38.2 Å². The van der Waals surface area contributed by atoms with Gasteiger partial charge in [-0.05, 0) is 43.9 Å². The number of ether oxygens (including phenoxy) is 1. The van der Waals surface area contributed by atoms with Crippen LogP contribution >= 0.6 is 0 Å². The number of rotatable bonds is 5. The molecule has 0 heterocycles. The van der Waals surface area contributed by atoms with E-state index < -0.39 is 11.7 Å². The Bertz CT molecular complexity index is 582. The Morgan fingerprint density at radius 1 is 1.35 bits per heavy atom.